The minimum Gasteiger partial charge on any atom is -0.339 e. The van der Waals surface area contributed by atoms with Crippen LogP contribution in [0.3, 0.4) is 0 Å². The van der Waals surface area contributed by atoms with E-state index in [1.54, 1.807) is 28.4 Å². The molecule has 2 aromatic heterocycles. The Bertz CT molecular complexity index is 1140. The van der Waals surface area contributed by atoms with Gasteiger partial charge in [0.2, 0.25) is 21.7 Å². The highest BCUT2D eigenvalue weighted by molar-refractivity contribution is 7.89. The first-order valence-corrected chi connectivity index (χ1v) is 12.2. The number of aromatic nitrogens is 2. The van der Waals surface area contributed by atoms with E-state index in [9.17, 15) is 13.2 Å². The number of hydrogen-bond acceptors (Lipinski definition) is 7. The van der Waals surface area contributed by atoms with Crippen molar-refractivity contribution < 1.29 is 17.7 Å². The van der Waals surface area contributed by atoms with Crippen LogP contribution in [0, 0.1) is 0 Å². The van der Waals surface area contributed by atoms with Crippen molar-refractivity contribution in [3.63, 3.8) is 0 Å². The maximum atomic E-state index is 12.7. The van der Waals surface area contributed by atoms with Crippen molar-refractivity contribution in [3.05, 3.63) is 52.5 Å². The molecule has 4 heterocycles. The van der Waals surface area contributed by atoms with Gasteiger partial charge in [0.15, 0.2) is 0 Å². The summed E-state index contributed by atoms with van der Waals surface area (Å²) in [6, 6.07) is 8.13. The van der Waals surface area contributed by atoms with Gasteiger partial charge in [0.25, 0.3) is 5.91 Å². The Balaban J connectivity index is 1.22. The normalized spacial score (nSPS) is 17.9. The highest BCUT2D eigenvalue weighted by Crippen LogP contribution is 2.29. The van der Waals surface area contributed by atoms with E-state index < -0.39 is 10.0 Å². The maximum Gasteiger partial charge on any atom is 0.253 e. The van der Waals surface area contributed by atoms with Crippen LogP contribution in [0.1, 0.15) is 35.0 Å². The second-order valence-corrected chi connectivity index (χ2v) is 10.2. The van der Waals surface area contributed by atoms with E-state index in [4.69, 9.17) is 4.52 Å². The van der Waals surface area contributed by atoms with Crippen LogP contribution in [0.4, 0.5) is 0 Å². The first-order chi connectivity index (χ1) is 14.5. The second-order valence-electron chi connectivity index (χ2n) is 7.51. The van der Waals surface area contributed by atoms with E-state index in [0.29, 0.717) is 43.5 Å². The molecule has 0 saturated carbocycles. The Morgan fingerprint density at radius 1 is 1.10 bits per heavy atom. The van der Waals surface area contributed by atoms with Gasteiger partial charge in [0.1, 0.15) is 0 Å². The number of hydrogen-bond donors (Lipinski definition) is 0. The molecule has 1 amide bonds. The third kappa shape index (κ3) is 3.44. The van der Waals surface area contributed by atoms with Gasteiger partial charge in [0, 0.05) is 42.7 Å². The quantitative estimate of drug-likeness (QED) is 0.600. The van der Waals surface area contributed by atoms with Crippen molar-refractivity contribution in [2.45, 2.75) is 23.7 Å². The number of amides is 1. The van der Waals surface area contributed by atoms with Crippen LogP contribution >= 0.6 is 11.3 Å². The summed E-state index contributed by atoms with van der Waals surface area (Å²) in [5.74, 6) is 0.982. The Labute approximate surface area is 178 Å². The van der Waals surface area contributed by atoms with Crippen molar-refractivity contribution in [2.24, 2.45) is 0 Å². The molecule has 0 spiro atoms. The van der Waals surface area contributed by atoms with E-state index in [1.165, 1.54) is 16.4 Å². The fourth-order valence-corrected chi connectivity index (χ4v) is 5.89. The lowest BCUT2D eigenvalue weighted by molar-refractivity contribution is 0.0569. The van der Waals surface area contributed by atoms with Crippen molar-refractivity contribution in [3.8, 4) is 11.4 Å². The maximum absolute atomic E-state index is 12.7. The fraction of sp³-hybridized carbons (Fsp3) is 0.350. The van der Waals surface area contributed by atoms with Crippen molar-refractivity contribution >= 4 is 27.3 Å². The molecule has 5 rings (SSSR count). The number of thiophene rings is 1. The molecule has 8 nitrogen and oxygen atoms in total. The predicted molar refractivity (Wildman–Crippen MR) is 111 cm³/mol. The lowest BCUT2D eigenvalue weighted by Gasteiger charge is -2.37. The predicted octanol–water partition coefficient (Wildman–Crippen LogP) is 2.82. The van der Waals surface area contributed by atoms with Gasteiger partial charge < -0.3 is 9.42 Å². The Hall–Kier alpha value is -2.56. The van der Waals surface area contributed by atoms with Crippen LogP contribution < -0.4 is 0 Å². The molecule has 2 fully saturated rings. The van der Waals surface area contributed by atoms with E-state index in [-0.39, 0.29) is 16.7 Å². The van der Waals surface area contributed by atoms with E-state index in [1.807, 2.05) is 16.8 Å². The van der Waals surface area contributed by atoms with Gasteiger partial charge in [-0.05, 0) is 48.6 Å². The lowest BCUT2D eigenvalue weighted by Crippen LogP contribution is -2.48. The molecule has 0 atom stereocenters. The number of likely N-dealkylation sites (tertiary alicyclic amines) is 1. The van der Waals surface area contributed by atoms with Crippen LogP contribution in [-0.4, -0.2) is 59.8 Å². The molecule has 0 N–H and O–H groups in total. The molecule has 0 aliphatic carbocycles. The summed E-state index contributed by atoms with van der Waals surface area (Å²) in [5, 5.41) is 7.92. The Morgan fingerprint density at radius 2 is 1.83 bits per heavy atom. The van der Waals surface area contributed by atoms with E-state index in [2.05, 4.69) is 10.1 Å². The molecule has 30 heavy (non-hydrogen) atoms. The molecule has 10 heteroatoms. The molecular formula is C20H20N4O4S2. The molecule has 156 valence electrons. The summed E-state index contributed by atoms with van der Waals surface area (Å²) in [5.41, 5.74) is 1.39. The summed E-state index contributed by atoms with van der Waals surface area (Å²) in [6.07, 6.45) is 1.78. The lowest BCUT2D eigenvalue weighted by atomic mass is 9.99. The SMILES string of the molecule is O=C(c1ccc(S(=O)(=O)N2CCCC2)cc1)N1CC(c2nc(-c3ccsc3)no2)C1. The van der Waals surface area contributed by atoms with Crippen molar-refractivity contribution in [1.82, 2.24) is 19.3 Å². The van der Waals surface area contributed by atoms with Gasteiger partial charge >= 0.3 is 0 Å². The third-order valence-corrected chi connectivity index (χ3v) is 8.14. The van der Waals surface area contributed by atoms with Gasteiger partial charge in [-0.1, -0.05) is 5.16 Å². The molecule has 0 bridgehead atoms. The zero-order chi connectivity index (χ0) is 20.7. The first kappa shape index (κ1) is 19.4. The molecule has 3 aromatic rings. The van der Waals surface area contributed by atoms with Crippen LogP contribution in [0.15, 0.2) is 50.5 Å². The molecule has 2 aliphatic rings. The highest BCUT2D eigenvalue weighted by Gasteiger charge is 2.36. The second kappa shape index (κ2) is 7.60. The van der Waals surface area contributed by atoms with Gasteiger partial charge in [-0.2, -0.15) is 20.6 Å². The Morgan fingerprint density at radius 3 is 2.50 bits per heavy atom. The topological polar surface area (TPSA) is 96.6 Å². The van der Waals surface area contributed by atoms with Crippen molar-refractivity contribution in [1.29, 1.82) is 0 Å². The number of nitrogens with zero attached hydrogens (tertiary/aromatic N) is 4. The molecule has 2 saturated heterocycles. The largest absolute Gasteiger partial charge is 0.339 e. The minimum atomic E-state index is -3.47. The number of carbonyl (C=O) groups excluding carboxylic acids is 1. The van der Waals surface area contributed by atoms with Gasteiger partial charge in [0.05, 0.1) is 10.8 Å². The molecule has 0 radical (unpaired) electrons. The van der Waals surface area contributed by atoms with Crippen LogP contribution in [0.25, 0.3) is 11.4 Å². The third-order valence-electron chi connectivity index (χ3n) is 5.54. The number of sulfonamides is 1. The van der Waals surface area contributed by atoms with Crippen LogP contribution in [0.5, 0.6) is 0 Å². The first-order valence-electron chi connectivity index (χ1n) is 9.78. The van der Waals surface area contributed by atoms with E-state index >= 15 is 0 Å². The standard InChI is InChI=1S/C20H20N4O4S2/c25-20(14-3-5-17(6-4-14)30(26,27)24-8-1-2-9-24)23-11-16(12-23)19-21-18(22-28-19)15-7-10-29-13-15/h3-7,10,13,16H,1-2,8-9,11-12H2. The van der Waals surface area contributed by atoms with Crippen molar-refractivity contribution in [2.75, 3.05) is 26.2 Å². The number of rotatable bonds is 5. The Kier molecular flexibility index (Phi) is 4.92. The molecule has 0 unspecified atom stereocenters. The number of carbonyl (C=O) groups is 1. The fourth-order valence-electron chi connectivity index (χ4n) is 3.74. The average Bonchev–Trinajstić information content (AvgIpc) is 3.49. The number of benzene rings is 1. The van der Waals surface area contributed by atoms with Gasteiger partial charge in [-0.15, -0.1) is 0 Å². The van der Waals surface area contributed by atoms with Gasteiger partial charge in [-0.3, -0.25) is 4.79 Å². The van der Waals surface area contributed by atoms with Gasteiger partial charge in [-0.25, -0.2) is 8.42 Å². The monoisotopic (exact) mass is 444 g/mol. The summed E-state index contributed by atoms with van der Waals surface area (Å²) >= 11 is 1.57. The highest BCUT2D eigenvalue weighted by atomic mass is 32.2. The molecular weight excluding hydrogens is 424 g/mol. The zero-order valence-electron chi connectivity index (χ0n) is 16.1. The zero-order valence-corrected chi connectivity index (χ0v) is 17.7. The minimum absolute atomic E-state index is 0.0173. The van der Waals surface area contributed by atoms with Crippen LogP contribution in [0.2, 0.25) is 0 Å². The summed E-state index contributed by atoms with van der Waals surface area (Å²) in [4.78, 5) is 19.1. The smallest absolute Gasteiger partial charge is 0.253 e. The molecule has 2 aliphatic heterocycles. The molecule has 1 aromatic carbocycles. The summed E-state index contributed by atoms with van der Waals surface area (Å²) < 4.78 is 32.1. The van der Waals surface area contributed by atoms with Crippen LogP contribution in [-0.2, 0) is 10.0 Å². The summed E-state index contributed by atoms with van der Waals surface area (Å²) in [6.45, 7) is 2.11. The van der Waals surface area contributed by atoms with E-state index in [0.717, 1.165) is 18.4 Å². The average molecular weight is 445 g/mol. The summed E-state index contributed by atoms with van der Waals surface area (Å²) in [7, 11) is -3.47.